The summed E-state index contributed by atoms with van der Waals surface area (Å²) in [5.41, 5.74) is 1.68. The van der Waals surface area contributed by atoms with Crippen molar-refractivity contribution in [3.05, 3.63) is 47.5 Å². The van der Waals surface area contributed by atoms with E-state index in [9.17, 15) is 4.79 Å². The number of likely N-dealkylation sites (tertiary alicyclic amines) is 1. The van der Waals surface area contributed by atoms with Gasteiger partial charge in [-0.05, 0) is 62.6 Å². The van der Waals surface area contributed by atoms with Gasteiger partial charge in [0.15, 0.2) is 23.0 Å². The average molecular weight is 397 g/mol. The van der Waals surface area contributed by atoms with Crippen LogP contribution in [0.15, 0.2) is 36.4 Å². The normalized spacial score (nSPS) is 18.1. The second-order valence-corrected chi connectivity index (χ2v) is 7.59. The molecule has 1 saturated heterocycles. The summed E-state index contributed by atoms with van der Waals surface area (Å²) in [6.07, 6.45) is 1.93. The molecule has 0 radical (unpaired) electrons. The molecule has 4 rings (SSSR count). The van der Waals surface area contributed by atoms with Crippen LogP contribution in [0.2, 0.25) is 0 Å². The Morgan fingerprint density at radius 3 is 2.62 bits per heavy atom. The van der Waals surface area contributed by atoms with Crippen LogP contribution in [0, 0.1) is 0 Å². The highest BCUT2D eigenvalue weighted by atomic mass is 16.6. The van der Waals surface area contributed by atoms with E-state index in [0.29, 0.717) is 30.3 Å². The molecule has 2 aromatic carbocycles. The summed E-state index contributed by atoms with van der Waals surface area (Å²) >= 11 is 0. The molecule has 29 heavy (non-hydrogen) atoms. The van der Waals surface area contributed by atoms with E-state index >= 15 is 0 Å². The molecule has 0 bridgehead atoms. The molecule has 1 atom stereocenters. The molecule has 0 N–H and O–H groups in total. The van der Waals surface area contributed by atoms with E-state index < -0.39 is 0 Å². The van der Waals surface area contributed by atoms with Crippen LogP contribution < -0.4 is 18.9 Å². The molecule has 1 fully saturated rings. The van der Waals surface area contributed by atoms with Gasteiger partial charge in [0.25, 0.3) is 5.91 Å². The highest BCUT2D eigenvalue weighted by molar-refractivity contribution is 5.95. The minimum Gasteiger partial charge on any atom is -0.493 e. The van der Waals surface area contributed by atoms with Crippen molar-refractivity contribution in [2.75, 3.05) is 26.9 Å². The number of hydrogen-bond acceptors (Lipinski definition) is 5. The smallest absolute Gasteiger partial charge is 0.254 e. The molecular weight excluding hydrogens is 370 g/mol. The van der Waals surface area contributed by atoms with E-state index in [0.717, 1.165) is 36.4 Å². The van der Waals surface area contributed by atoms with Crippen molar-refractivity contribution in [2.24, 2.45) is 0 Å². The number of amides is 1. The maximum absolute atomic E-state index is 13.3. The minimum atomic E-state index is -0.00298. The fourth-order valence-electron chi connectivity index (χ4n) is 3.94. The average Bonchev–Trinajstić information content (AvgIpc) is 3.22. The van der Waals surface area contributed by atoms with Crippen LogP contribution in [0.5, 0.6) is 23.0 Å². The topological polar surface area (TPSA) is 57.2 Å². The zero-order valence-electron chi connectivity index (χ0n) is 17.1. The summed E-state index contributed by atoms with van der Waals surface area (Å²) in [6.45, 7) is 5.76. The van der Waals surface area contributed by atoms with Crippen molar-refractivity contribution in [1.82, 2.24) is 4.90 Å². The molecule has 0 spiro atoms. The highest BCUT2D eigenvalue weighted by Crippen LogP contribution is 2.39. The number of fused-ring (bicyclic) bond motifs is 1. The Morgan fingerprint density at radius 1 is 1.07 bits per heavy atom. The third-order valence-corrected chi connectivity index (χ3v) is 5.24. The second-order valence-electron chi connectivity index (χ2n) is 7.59. The molecule has 2 aromatic rings. The van der Waals surface area contributed by atoms with Crippen LogP contribution >= 0.6 is 0 Å². The number of methoxy groups -OCH3 is 1. The summed E-state index contributed by atoms with van der Waals surface area (Å²) < 4.78 is 22.5. The van der Waals surface area contributed by atoms with Crippen molar-refractivity contribution in [3.63, 3.8) is 0 Å². The van der Waals surface area contributed by atoms with Crippen LogP contribution in [0.3, 0.4) is 0 Å². The number of rotatable bonds is 5. The minimum absolute atomic E-state index is 0.00298. The molecule has 1 amide bonds. The Hall–Kier alpha value is -2.89. The Kier molecular flexibility index (Phi) is 5.51. The lowest BCUT2D eigenvalue weighted by molar-refractivity contribution is 0.0734. The maximum atomic E-state index is 13.3. The lowest BCUT2D eigenvalue weighted by Crippen LogP contribution is -2.30. The van der Waals surface area contributed by atoms with Gasteiger partial charge >= 0.3 is 0 Å². The van der Waals surface area contributed by atoms with Gasteiger partial charge in [-0.1, -0.05) is 6.07 Å². The van der Waals surface area contributed by atoms with Gasteiger partial charge in [0.05, 0.1) is 19.3 Å². The monoisotopic (exact) mass is 397 g/mol. The first kappa shape index (κ1) is 19.4. The van der Waals surface area contributed by atoms with E-state index in [1.165, 1.54) is 0 Å². The van der Waals surface area contributed by atoms with Crippen LogP contribution in [0.4, 0.5) is 0 Å². The summed E-state index contributed by atoms with van der Waals surface area (Å²) in [4.78, 5) is 15.2. The number of carbonyl (C=O) groups excluding carboxylic acids is 1. The van der Waals surface area contributed by atoms with E-state index in [4.69, 9.17) is 18.9 Å². The molecule has 0 aromatic heterocycles. The van der Waals surface area contributed by atoms with Gasteiger partial charge in [0, 0.05) is 12.1 Å². The molecule has 154 valence electrons. The molecule has 2 heterocycles. The lowest BCUT2D eigenvalue weighted by atomic mass is 10.0. The standard InChI is InChI=1S/C23H27NO5/c1-15(2)29-20-9-7-17(14-21(20)26-3)23(25)24-10-4-5-18(24)16-6-8-19-22(13-16)28-12-11-27-19/h6-9,13-15,18H,4-5,10-12H2,1-3H3/t18-/m1/s1. The van der Waals surface area contributed by atoms with Crippen molar-refractivity contribution >= 4 is 5.91 Å². The molecule has 0 unspecified atom stereocenters. The number of carbonyl (C=O) groups is 1. The quantitative estimate of drug-likeness (QED) is 0.756. The number of nitrogens with zero attached hydrogens (tertiary/aromatic N) is 1. The molecule has 0 aliphatic carbocycles. The van der Waals surface area contributed by atoms with E-state index in [1.54, 1.807) is 19.2 Å². The third kappa shape index (κ3) is 3.97. The Balaban J connectivity index is 1.58. The maximum Gasteiger partial charge on any atom is 0.254 e. The lowest BCUT2D eigenvalue weighted by Gasteiger charge is -2.27. The van der Waals surface area contributed by atoms with Crippen LogP contribution in [0.25, 0.3) is 0 Å². The fourth-order valence-corrected chi connectivity index (χ4v) is 3.94. The van der Waals surface area contributed by atoms with Crippen molar-refractivity contribution in [1.29, 1.82) is 0 Å². The third-order valence-electron chi connectivity index (χ3n) is 5.24. The summed E-state index contributed by atoms with van der Waals surface area (Å²) in [5.74, 6) is 2.73. The summed E-state index contributed by atoms with van der Waals surface area (Å²) in [7, 11) is 1.59. The van der Waals surface area contributed by atoms with Crippen molar-refractivity contribution in [3.8, 4) is 23.0 Å². The van der Waals surface area contributed by atoms with Crippen molar-refractivity contribution in [2.45, 2.75) is 38.8 Å². The molecular formula is C23H27NO5. The predicted octanol–water partition coefficient (Wildman–Crippen LogP) is 4.23. The highest BCUT2D eigenvalue weighted by Gasteiger charge is 2.32. The first-order chi connectivity index (χ1) is 14.1. The first-order valence-electron chi connectivity index (χ1n) is 10.1. The van der Waals surface area contributed by atoms with Crippen LogP contribution in [-0.2, 0) is 0 Å². The summed E-state index contributed by atoms with van der Waals surface area (Å²) in [6, 6.07) is 11.4. The fraction of sp³-hybridized carbons (Fsp3) is 0.435. The predicted molar refractivity (Wildman–Crippen MR) is 109 cm³/mol. The number of benzene rings is 2. The van der Waals surface area contributed by atoms with Gasteiger partial charge in [-0.25, -0.2) is 0 Å². The van der Waals surface area contributed by atoms with Crippen LogP contribution in [0.1, 0.15) is 48.7 Å². The van der Waals surface area contributed by atoms with Gasteiger partial charge < -0.3 is 23.8 Å². The zero-order valence-corrected chi connectivity index (χ0v) is 17.1. The van der Waals surface area contributed by atoms with E-state index in [-0.39, 0.29) is 18.1 Å². The Morgan fingerprint density at radius 2 is 1.86 bits per heavy atom. The van der Waals surface area contributed by atoms with Crippen molar-refractivity contribution < 1.29 is 23.7 Å². The molecule has 0 saturated carbocycles. The summed E-state index contributed by atoms with van der Waals surface area (Å²) in [5, 5.41) is 0. The molecule has 2 aliphatic heterocycles. The Labute approximate surface area is 171 Å². The number of ether oxygens (including phenoxy) is 4. The van der Waals surface area contributed by atoms with Crippen LogP contribution in [-0.4, -0.2) is 43.8 Å². The molecule has 6 heteroatoms. The van der Waals surface area contributed by atoms with Gasteiger partial charge in [0.2, 0.25) is 0 Å². The van der Waals surface area contributed by atoms with E-state index in [2.05, 4.69) is 0 Å². The zero-order chi connectivity index (χ0) is 20.4. The molecule has 2 aliphatic rings. The number of hydrogen-bond donors (Lipinski definition) is 0. The van der Waals surface area contributed by atoms with Gasteiger partial charge in [-0.15, -0.1) is 0 Å². The van der Waals surface area contributed by atoms with Gasteiger partial charge in [-0.2, -0.15) is 0 Å². The van der Waals surface area contributed by atoms with E-state index in [1.807, 2.05) is 43.0 Å². The SMILES string of the molecule is COc1cc(C(=O)N2CCC[C@@H]2c2ccc3c(c2)OCCO3)ccc1OC(C)C. The second kappa shape index (κ2) is 8.23. The largest absolute Gasteiger partial charge is 0.493 e. The first-order valence-corrected chi connectivity index (χ1v) is 10.1. The molecule has 6 nitrogen and oxygen atoms in total. The Bertz CT molecular complexity index is 895. The van der Waals surface area contributed by atoms with Gasteiger partial charge in [-0.3, -0.25) is 4.79 Å². The van der Waals surface area contributed by atoms with Gasteiger partial charge in [0.1, 0.15) is 13.2 Å².